The van der Waals surface area contributed by atoms with Crippen LogP contribution in [-0.4, -0.2) is 32.7 Å². The van der Waals surface area contributed by atoms with Crippen LogP contribution >= 0.6 is 12.2 Å². The Bertz CT molecular complexity index is 209. The molecule has 0 aliphatic rings. The lowest BCUT2D eigenvalue weighted by molar-refractivity contribution is 0.146. The van der Waals surface area contributed by atoms with Gasteiger partial charge < -0.3 is 0 Å². The average Bonchev–Trinajstić information content (AvgIpc) is 2.38. The van der Waals surface area contributed by atoms with Gasteiger partial charge in [0.05, 0.1) is 7.11 Å². The molecule has 0 spiro atoms. The number of hydroxylamine groups is 1. The van der Waals surface area contributed by atoms with Crippen LogP contribution < -0.4 is 5.48 Å². The molecule has 0 aliphatic carbocycles. The largest absolute Gasteiger partial charge is 0.279 e. The van der Waals surface area contributed by atoms with Crippen LogP contribution in [-0.2, 0) is 4.84 Å². The van der Waals surface area contributed by atoms with Crippen molar-refractivity contribution in [2.45, 2.75) is 0 Å². The Morgan fingerprint density at radius 3 is 3.10 bits per heavy atom. The number of hydrogen-bond donors (Lipinski definition) is 2. The van der Waals surface area contributed by atoms with E-state index in [2.05, 4.69) is 30.9 Å². The van der Waals surface area contributed by atoms with Gasteiger partial charge >= 0.3 is 0 Å². The molecule has 0 bridgehead atoms. The number of tetrazole rings is 1. The number of aromatic nitrogens is 4. The molecule has 0 amide bonds. The van der Waals surface area contributed by atoms with Gasteiger partial charge in [0.25, 0.3) is 0 Å². The van der Waals surface area contributed by atoms with Crippen molar-refractivity contribution in [1.29, 1.82) is 0 Å². The maximum absolute atomic E-state index is 4.75. The Labute approximate surface area is 61.9 Å². The minimum absolute atomic E-state index is 0.302. The average molecular weight is 159 g/mol. The maximum Gasteiger partial charge on any atom is 0.233 e. The molecule has 0 atom stereocenters. The first-order chi connectivity index (χ1) is 4.84. The predicted octanol–water partition coefficient (Wildman–Crippen LogP) is -0.974. The number of rotatable bonds is 2. The second-order valence-electron chi connectivity index (χ2n) is 1.37. The Hall–Kier alpha value is -1.08. The molecular weight excluding hydrogens is 154 g/mol. The van der Waals surface area contributed by atoms with E-state index in [0.717, 1.165) is 0 Å². The lowest BCUT2D eigenvalue weighted by atomic mass is 10.6. The molecule has 7 heteroatoms. The second kappa shape index (κ2) is 3.18. The van der Waals surface area contributed by atoms with E-state index in [0.29, 0.717) is 10.8 Å². The summed E-state index contributed by atoms with van der Waals surface area (Å²) in [5.74, 6) is 0.317. The van der Waals surface area contributed by atoms with Gasteiger partial charge in [-0.15, -0.1) is 10.2 Å². The zero-order valence-electron chi connectivity index (χ0n) is 5.16. The Morgan fingerprint density at radius 2 is 2.60 bits per heavy atom. The Morgan fingerprint density at radius 1 is 1.80 bits per heavy atom. The van der Waals surface area contributed by atoms with E-state index in [4.69, 9.17) is 12.2 Å². The van der Waals surface area contributed by atoms with Gasteiger partial charge in [0.1, 0.15) is 0 Å². The topological polar surface area (TPSA) is 75.7 Å². The number of H-pyrrole nitrogens is 1. The van der Waals surface area contributed by atoms with Gasteiger partial charge in [0.2, 0.25) is 5.82 Å². The fourth-order valence-electron chi connectivity index (χ4n) is 0.396. The number of aromatic amines is 1. The molecule has 0 fully saturated rings. The van der Waals surface area contributed by atoms with E-state index >= 15 is 0 Å². The molecule has 1 aromatic heterocycles. The van der Waals surface area contributed by atoms with Gasteiger partial charge in [-0.1, -0.05) is 12.2 Å². The molecule has 0 saturated carbocycles. The van der Waals surface area contributed by atoms with E-state index in [1.165, 1.54) is 7.11 Å². The first-order valence-electron chi connectivity index (χ1n) is 2.41. The first-order valence-corrected chi connectivity index (χ1v) is 2.82. The van der Waals surface area contributed by atoms with Crippen LogP contribution in [0.5, 0.6) is 0 Å². The van der Waals surface area contributed by atoms with E-state index in [-0.39, 0.29) is 0 Å². The number of nitrogens with one attached hydrogen (secondary N) is 2. The summed E-state index contributed by atoms with van der Waals surface area (Å²) >= 11 is 4.75. The number of thiocarbonyl (C=S) groups is 1. The van der Waals surface area contributed by atoms with Crippen molar-refractivity contribution in [2.24, 2.45) is 0 Å². The van der Waals surface area contributed by atoms with Crippen LogP contribution in [0, 0.1) is 0 Å². The number of hydrogen-bond acceptors (Lipinski definition) is 5. The second-order valence-corrected chi connectivity index (χ2v) is 1.78. The summed E-state index contributed by atoms with van der Waals surface area (Å²) in [7, 11) is 1.45. The highest BCUT2D eigenvalue weighted by Gasteiger charge is 2.03. The van der Waals surface area contributed by atoms with E-state index < -0.39 is 0 Å². The third-order valence-corrected chi connectivity index (χ3v) is 1.01. The monoisotopic (exact) mass is 159 g/mol. The summed E-state index contributed by atoms with van der Waals surface area (Å²) < 4.78 is 0. The molecule has 0 radical (unpaired) electrons. The fraction of sp³-hybridized carbons (Fsp3) is 0.333. The van der Waals surface area contributed by atoms with Gasteiger partial charge in [0, 0.05) is 0 Å². The first kappa shape index (κ1) is 7.03. The SMILES string of the molecule is CONC(=S)c1nn[nH]n1. The van der Waals surface area contributed by atoms with Crippen LogP contribution in [0.4, 0.5) is 0 Å². The fourth-order valence-corrected chi connectivity index (χ4v) is 0.566. The van der Waals surface area contributed by atoms with Gasteiger partial charge in [-0.3, -0.25) is 10.3 Å². The van der Waals surface area contributed by atoms with Crippen molar-refractivity contribution in [3.63, 3.8) is 0 Å². The van der Waals surface area contributed by atoms with Crippen LogP contribution in [0.25, 0.3) is 0 Å². The van der Waals surface area contributed by atoms with Crippen molar-refractivity contribution in [1.82, 2.24) is 26.1 Å². The van der Waals surface area contributed by atoms with Crippen LogP contribution in [0.1, 0.15) is 5.82 Å². The molecule has 0 aromatic carbocycles. The summed E-state index contributed by atoms with van der Waals surface area (Å²) in [6, 6.07) is 0. The van der Waals surface area contributed by atoms with Gasteiger partial charge in [0.15, 0.2) is 4.99 Å². The van der Waals surface area contributed by atoms with E-state index in [1.54, 1.807) is 0 Å². The molecular formula is C3H5N5OS. The van der Waals surface area contributed by atoms with Crippen molar-refractivity contribution in [3.05, 3.63) is 5.82 Å². The zero-order valence-corrected chi connectivity index (χ0v) is 5.97. The molecule has 54 valence electrons. The molecule has 0 unspecified atom stereocenters. The van der Waals surface area contributed by atoms with Crippen molar-refractivity contribution in [3.8, 4) is 0 Å². The van der Waals surface area contributed by atoms with E-state index in [9.17, 15) is 0 Å². The molecule has 0 saturated heterocycles. The quantitative estimate of drug-likeness (QED) is 0.427. The van der Waals surface area contributed by atoms with Gasteiger partial charge in [-0.25, -0.2) is 0 Å². The van der Waals surface area contributed by atoms with Crippen molar-refractivity contribution in [2.75, 3.05) is 7.11 Å². The van der Waals surface area contributed by atoms with Gasteiger partial charge in [-0.05, 0) is 5.21 Å². The molecule has 6 nitrogen and oxygen atoms in total. The molecule has 0 aliphatic heterocycles. The minimum atomic E-state index is 0.302. The normalized spacial score (nSPS) is 9.30. The summed E-state index contributed by atoms with van der Waals surface area (Å²) in [5, 5.41) is 12.8. The smallest absolute Gasteiger partial charge is 0.233 e. The third-order valence-electron chi connectivity index (χ3n) is 0.743. The number of nitrogens with zero attached hydrogens (tertiary/aromatic N) is 3. The molecule has 10 heavy (non-hydrogen) atoms. The summed E-state index contributed by atoms with van der Waals surface area (Å²) in [6.45, 7) is 0. The molecule has 2 N–H and O–H groups in total. The standard InChI is InChI=1S/C3H5N5OS/c1-9-6-3(10)2-4-7-8-5-2/h1H3,(H,6,10)(H,4,5,7,8). The Kier molecular flexibility index (Phi) is 2.24. The zero-order chi connectivity index (χ0) is 7.40. The third kappa shape index (κ3) is 1.45. The maximum atomic E-state index is 4.75. The van der Waals surface area contributed by atoms with E-state index in [1.807, 2.05) is 0 Å². The summed E-state index contributed by atoms with van der Waals surface area (Å²) in [4.78, 5) is 4.82. The highest BCUT2D eigenvalue weighted by Crippen LogP contribution is 1.83. The molecule has 1 heterocycles. The summed E-state index contributed by atoms with van der Waals surface area (Å²) in [6.07, 6.45) is 0. The minimum Gasteiger partial charge on any atom is -0.279 e. The summed E-state index contributed by atoms with van der Waals surface area (Å²) in [5.41, 5.74) is 2.39. The highest BCUT2D eigenvalue weighted by atomic mass is 32.1. The predicted molar refractivity (Wildman–Crippen MR) is 36.0 cm³/mol. The Balaban J connectivity index is 2.59. The van der Waals surface area contributed by atoms with Gasteiger partial charge in [-0.2, -0.15) is 5.21 Å². The lowest BCUT2D eigenvalue weighted by Gasteiger charge is -1.96. The molecule has 1 rings (SSSR count). The molecule has 1 aromatic rings. The van der Waals surface area contributed by atoms with Crippen LogP contribution in [0.15, 0.2) is 0 Å². The lowest BCUT2D eigenvalue weighted by Crippen LogP contribution is -2.21. The van der Waals surface area contributed by atoms with Crippen molar-refractivity contribution < 1.29 is 4.84 Å². The van der Waals surface area contributed by atoms with Crippen LogP contribution in [0.2, 0.25) is 0 Å². The highest BCUT2D eigenvalue weighted by molar-refractivity contribution is 7.80. The van der Waals surface area contributed by atoms with Crippen molar-refractivity contribution >= 4 is 17.2 Å². The van der Waals surface area contributed by atoms with Crippen LogP contribution in [0.3, 0.4) is 0 Å².